The third-order valence-electron chi connectivity index (χ3n) is 3.63. The first-order chi connectivity index (χ1) is 12.0. The standard InChI is InChI=1S/C18H27NO6/c1-14(18(21)24-4)12-19(9-6-10-22-2)17(20)13-25-16-8-5-7-15(11-16)23-3/h5,7-8,11,14H,6,9-10,12-13H2,1-4H3. The van der Waals surface area contributed by atoms with Crippen LogP contribution in [0.2, 0.25) is 0 Å². The predicted molar refractivity (Wildman–Crippen MR) is 92.7 cm³/mol. The lowest BCUT2D eigenvalue weighted by molar-refractivity contribution is -0.146. The summed E-state index contributed by atoms with van der Waals surface area (Å²) in [4.78, 5) is 25.7. The molecule has 0 saturated heterocycles. The first-order valence-corrected chi connectivity index (χ1v) is 8.13. The van der Waals surface area contributed by atoms with Crippen molar-refractivity contribution in [1.82, 2.24) is 4.90 Å². The van der Waals surface area contributed by atoms with Crippen LogP contribution in [-0.4, -0.2) is 64.4 Å². The molecule has 7 heteroatoms. The van der Waals surface area contributed by atoms with Gasteiger partial charge in [-0.25, -0.2) is 0 Å². The third-order valence-corrected chi connectivity index (χ3v) is 3.63. The van der Waals surface area contributed by atoms with Gasteiger partial charge in [-0.15, -0.1) is 0 Å². The molecule has 0 aliphatic heterocycles. The Hall–Kier alpha value is -2.28. The predicted octanol–water partition coefficient (Wildman–Crippen LogP) is 1.75. The summed E-state index contributed by atoms with van der Waals surface area (Å²) in [5.74, 6) is 0.244. The van der Waals surface area contributed by atoms with E-state index in [9.17, 15) is 9.59 Å². The molecule has 0 spiro atoms. The lowest BCUT2D eigenvalue weighted by Gasteiger charge is -2.25. The first-order valence-electron chi connectivity index (χ1n) is 8.13. The van der Waals surface area contributed by atoms with Crippen LogP contribution in [-0.2, 0) is 19.1 Å². The largest absolute Gasteiger partial charge is 0.497 e. The molecule has 0 saturated carbocycles. The first kappa shape index (κ1) is 20.8. The quantitative estimate of drug-likeness (QED) is 0.446. The number of benzene rings is 1. The maximum absolute atomic E-state index is 12.5. The summed E-state index contributed by atoms with van der Waals surface area (Å²) in [6, 6.07) is 7.04. The van der Waals surface area contributed by atoms with Gasteiger partial charge in [0.2, 0.25) is 0 Å². The fourth-order valence-electron chi connectivity index (χ4n) is 2.25. The minimum Gasteiger partial charge on any atom is -0.497 e. The van der Waals surface area contributed by atoms with Crippen LogP contribution in [0.1, 0.15) is 13.3 Å². The van der Waals surface area contributed by atoms with Crippen LogP contribution < -0.4 is 9.47 Å². The van der Waals surface area contributed by atoms with E-state index in [2.05, 4.69) is 0 Å². The summed E-state index contributed by atoms with van der Waals surface area (Å²) in [6.45, 7) is 2.90. The Bertz CT molecular complexity index is 548. The fraction of sp³-hybridized carbons (Fsp3) is 0.556. The van der Waals surface area contributed by atoms with Gasteiger partial charge in [0, 0.05) is 32.9 Å². The van der Waals surface area contributed by atoms with Crippen molar-refractivity contribution >= 4 is 11.9 Å². The number of carbonyl (C=O) groups excluding carboxylic acids is 2. The van der Waals surface area contributed by atoms with E-state index in [-0.39, 0.29) is 25.0 Å². The van der Waals surface area contributed by atoms with Crippen LogP contribution in [0.25, 0.3) is 0 Å². The van der Waals surface area contributed by atoms with Gasteiger partial charge in [-0.05, 0) is 18.6 Å². The van der Waals surface area contributed by atoms with Crippen LogP contribution in [0.3, 0.4) is 0 Å². The molecule has 1 rings (SSSR count). The molecule has 25 heavy (non-hydrogen) atoms. The third kappa shape index (κ3) is 7.43. The van der Waals surface area contributed by atoms with E-state index in [1.54, 1.807) is 50.3 Å². The van der Waals surface area contributed by atoms with E-state index in [1.165, 1.54) is 7.11 Å². The number of nitrogens with zero attached hydrogens (tertiary/aromatic N) is 1. The van der Waals surface area contributed by atoms with E-state index in [0.29, 0.717) is 31.1 Å². The van der Waals surface area contributed by atoms with E-state index >= 15 is 0 Å². The van der Waals surface area contributed by atoms with Gasteiger partial charge < -0.3 is 23.8 Å². The molecule has 0 radical (unpaired) electrons. The van der Waals surface area contributed by atoms with Crippen molar-refractivity contribution in [3.8, 4) is 11.5 Å². The zero-order valence-corrected chi connectivity index (χ0v) is 15.3. The van der Waals surface area contributed by atoms with Gasteiger partial charge in [-0.2, -0.15) is 0 Å². The second kappa shape index (κ2) is 11.3. The molecule has 1 atom stereocenters. The van der Waals surface area contributed by atoms with Crippen LogP contribution in [0.15, 0.2) is 24.3 Å². The number of hydrogen-bond acceptors (Lipinski definition) is 6. The van der Waals surface area contributed by atoms with Crippen LogP contribution in [0, 0.1) is 5.92 Å². The van der Waals surface area contributed by atoms with Crippen molar-refractivity contribution < 1.29 is 28.5 Å². The number of methoxy groups -OCH3 is 3. The molecule has 0 heterocycles. The van der Waals surface area contributed by atoms with Gasteiger partial charge in [0.25, 0.3) is 5.91 Å². The molecule has 0 aromatic heterocycles. The van der Waals surface area contributed by atoms with Crippen molar-refractivity contribution in [2.75, 3.05) is 47.6 Å². The van der Waals surface area contributed by atoms with Crippen molar-refractivity contribution in [1.29, 1.82) is 0 Å². The highest BCUT2D eigenvalue weighted by Gasteiger charge is 2.21. The second-order valence-corrected chi connectivity index (χ2v) is 5.58. The Kier molecular flexibility index (Phi) is 9.39. The Balaban J connectivity index is 2.64. The number of ether oxygens (including phenoxy) is 4. The topological polar surface area (TPSA) is 74.3 Å². The Morgan fingerprint density at radius 2 is 1.88 bits per heavy atom. The van der Waals surface area contributed by atoms with E-state index in [0.717, 1.165) is 0 Å². The average molecular weight is 353 g/mol. The molecule has 0 aliphatic rings. The van der Waals surface area contributed by atoms with Gasteiger partial charge in [-0.3, -0.25) is 9.59 Å². The normalized spacial score (nSPS) is 11.5. The lowest BCUT2D eigenvalue weighted by atomic mass is 10.1. The van der Waals surface area contributed by atoms with Gasteiger partial charge >= 0.3 is 5.97 Å². The summed E-state index contributed by atoms with van der Waals surface area (Å²) in [6.07, 6.45) is 0.676. The monoisotopic (exact) mass is 353 g/mol. The molecule has 1 aromatic rings. The second-order valence-electron chi connectivity index (χ2n) is 5.58. The van der Waals surface area contributed by atoms with Gasteiger partial charge in [-0.1, -0.05) is 13.0 Å². The molecular formula is C18H27NO6. The molecule has 1 amide bonds. The molecular weight excluding hydrogens is 326 g/mol. The molecule has 0 fully saturated rings. The van der Waals surface area contributed by atoms with E-state index in [1.807, 2.05) is 0 Å². The van der Waals surface area contributed by atoms with Crippen molar-refractivity contribution in [3.63, 3.8) is 0 Å². The van der Waals surface area contributed by atoms with Gasteiger partial charge in [0.05, 0.1) is 20.1 Å². The molecule has 7 nitrogen and oxygen atoms in total. The highest BCUT2D eigenvalue weighted by Crippen LogP contribution is 2.19. The Labute approximate surface area is 148 Å². The minimum atomic E-state index is -0.409. The SMILES string of the molecule is COCCCN(CC(C)C(=O)OC)C(=O)COc1cccc(OC)c1. The smallest absolute Gasteiger partial charge is 0.310 e. The zero-order valence-electron chi connectivity index (χ0n) is 15.3. The fourth-order valence-corrected chi connectivity index (χ4v) is 2.25. The number of amides is 1. The highest BCUT2D eigenvalue weighted by atomic mass is 16.5. The highest BCUT2D eigenvalue weighted by molar-refractivity contribution is 5.79. The van der Waals surface area contributed by atoms with Crippen molar-refractivity contribution in [2.24, 2.45) is 5.92 Å². The molecule has 0 aliphatic carbocycles. The van der Waals surface area contributed by atoms with Crippen molar-refractivity contribution in [3.05, 3.63) is 24.3 Å². The lowest BCUT2D eigenvalue weighted by Crippen LogP contribution is -2.40. The molecule has 1 unspecified atom stereocenters. The number of carbonyl (C=O) groups is 2. The number of esters is 1. The zero-order chi connectivity index (χ0) is 18.7. The van der Waals surface area contributed by atoms with E-state index in [4.69, 9.17) is 18.9 Å². The maximum Gasteiger partial charge on any atom is 0.310 e. The summed E-state index contributed by atoms with van der Waals surface area (Å²) in [5.41, 5.74) is 0. The van der Waals surface area contributed by atoms with Crippen LogP contribution >= 0.6 is 0 Å². The molecule has 0 N–H and O–H groups in total. The summed E-state index contributed by atoms with van der Waals surface area (Å²) in [7, 11) is 4.51. The number of rotatable bonds is 11. The minimum absolute atomic E-state index is 0.117. The van der Waals surface area contributed by atoms with Crippen LogP contribution in [0.5, 0.6) is 11.5 Å². The van der Waals surface area contributed by atoms with Gasteiger partial charge in [0.1, 0.15) is 11.5 Å². The van der Waals surface area contributed by atoms with Crippen LogP contribution in [0.4, 0.5) is 0 Å². The molecule has 0 bridgehead atoms. The Morgan fingerprint density at radius 1 is 1.16 bits per heavy atom. The number of hydrogen-bond donors (Lipinski definition) is 0. The van der Waals surface area contributed by atoms with E-state index < -0.39 is 5.92 Å². The Morgan fingerprint density at radius 3 is 2.52 bits per heavy atom. The summed E-state index contributed by atoms with van der Waals surface area (Å²) < 4.78 is 20.4. The van der Waals surface area contributed by atoms with Crippen molar-refractivity contribution in [2.45, 2.75) is 13.3 Å². The summed E-state index contributed by atoms with van der Waals surface area (Å²) in [5, 5.41) is 0. The maximum atomic E-state index is 12.5. The molecule has 1 aromatic carbocycles. The summed E-state index contributed by atoms with van der Waals surface area (Å²) >= 11 is 0. The molecule has 140 valence electrons. The van der Waals surface area contributed by atoms with Gasteiger partial charge in [0.15, 0.2) is 6.61 Å². The average Bonchev–Trinajstić information content (AvgIpc) is 2.64.